The maximum atomic E-state index is 3.81. The van der Waals surface area contributed by atoms with Gasteiger partial charge in [-0.3, -0.25) is 0 Å². The van der Waals surface area contributed by atoms with Crippen LogP contribution in [0.4, 0.5) is 0 Å². The van der Waals surface area contributed by atoms with Gasteiger partial charge in [-0.15, -0.1) is 0 Å². The first-order valence-corrected chi connectivity index (χ1v) is 13.8. The zero-order chi connectivity index (χ0) is 18.1. The standard InChI is InChI=1S/C14Br10/c15-5-1-2(8(18)12(22)11(21)7(1)17)6(16)4-3(5)9(19)13(23)14(24)10(4)20. The molecule has 0 radical (unpaired) electrons. The van der Waals surface area contributed by atoms with Crippen LogP contribution in [0, 0.1) is 0 Å². The highest BCUT2D eigenvalue weighted by Crippen LogP contribution is 2.55. The molecule has 0 N–H and O–H groups in total. The number of fused-ring (bicyclic) bond motifs is 2. The average Bonchev–Trinajstić information content (AvgIpc) is 2.55. The van der Waals surface area contributed by atoms with Gasteiger partial charge in [-0.25, -0.2) is 0 Å². The Morgan fingerprint density at radius 1 is 0.208 bits per heavy atom. The molecular formula is C14Br10. The highest BCUT2D eigenvalue weighted by Gasteiger charge is 2.25. The summed E-state index contributed by atoms with van der Waals surface area (Å²) >= 11 is 37.0. The minimum absolute atomic E-state index is 0.945. The van der Waals surface area contributed by atoms with Crippen LogP contribution in [0.2, 0.25) is 0 Å². The first-order valence-electron chi connectivity index (χ1n) is 5.89. The third kappa shape index (κ3) is 3.20. The zero-order valence-corrected chi connectivity index (χ0v) is 26.6. The molecule has 0 aromatic heterocycles. The smallest absolute Gasteiger partial charge is 0.0477 e. The Bertz CT molecular complexity index is 889. The van der Waals surface area contributed by atoms with E-state index in [1.54, 1.807) is 0 Å². The van der Waals surface area contributed by atoms with Crippen LogP contribution >= 0.6 is 159 Å². The van der Waals surface area contributed by atoms with Crippen molar-refractivity contribution in [1.29, 1.82) is 0 Å². The second kappa shape index (κ2) is 8.01. The van der Waals surface area contributed by atoms with Crippen LogP contribution in [0.3, 0.4) is 0 Å². The molecule has 0 amide bonds. The molecule has 0 saturated carbocycles. The largest absolute Gasteiger partial charge is 0.0494 e. The monoisotopic (exact) mass is 957 g/mol. The molecule has 3 rings (SSSR count). The van der Waals surface area contributed by atoms with E-state index in [-0.39, 0.29) is 0 Å². The fraction of sp³-hybridized carbons (Fsp3) is 0. The van der Waals surface area contributed by atoms with E-state index >= 15 is 0 Å². The van der Waals surface area contributed by atoms with E-state index < -0.39 is 0 Å². The molecule has 0 aliphatic rings. The van der Waals surface area contributed by atoms with Gasteiger partial charge in [0.2, 0.25) is 0 Å². The second-order valence-electron chi connectivity index (χ2n) is 4.64. The first-order chi connectivity index (χ1) is 11.1. The van der Waals surface area contributed by atoms with Crippen LogP contribution < -0.4 is 0 Å². The summed E-state index contributed by atoms with van der Waals surface area (Å²) in [5.41, 5.74) is 0. The molecule has 10 heteroatoms. The Morgan fingerprint density at radius 2 is 0.375 bits per heavy atom. The van der Waals surface area contributed by atoms with Crippen molar-refractivity contribution in [3.05, 3.63) is 44.7 Å². The summed E-state index contributed by atoms with van der Waals surface area (Å²) in [6, 6.07) is 0. The summed E-state index contributed by atoms with van der Waals surface area (Å²) < 4.78 is 9.59. The molecular weight excluding hydrogens is 967 g/mol. The number of benzene rings is 3. The van der Waals surface area contributed by atoms with Crippen LogP contribution in [-0.4, -0.2) is 0 Å². The zero-order valence-electron chi connectivity index (χ0n) is 10.8. The van der Waals surface area contributed by atoms with Crippen LogP contribution in [0.5, 0.6) is 0 Å². The van der Waals surface area contributed by atoms with Gasteiger partial charge in [-0.2, -0.15) is 0 Å². The maximum Gasteiger partial charge on any atom is 0.0477 e. The van der Waals surface area contributed by atoms with Gasteiger partial charge >= 0.3 is 0 Å². The lowest BCUT2D eigenvalue weighted by molar-refractivity contribution is 1.52. The highest BCUT2D eigenvalue weighted by molar-refractivity contribution is 9.16. The fourth-order valence-electron chi connectivity index (χ4n) is 2.34. The van der Waals surface area contributed by atoms with Crippen molar-refractivity contribution in [3.8, 4) is 0 Å². The minimum Gasteiger partial charge on any atom is -0.0494 e. The van der Waals surface area contributed by atoms with Gasteiger partial charge in [0.25, 0.3) is 0 Å². The summed E-state index contributed by atoms with van der Waals surface area (Å²) in [5.74, 6) is 0. The lowest BCUT2D eigenvalue weighted by atomic mass is 10.0. The van der Waals surface area contributed by atoms with Crippen molar-refractivity contribution in [1.82, 2.24) is 0 Å². The third-order valence-corrected chi connectivity index (χ3v) is 14.5. The van der Waals surface area contributed by atoms with E-state index in [1.807, 2.05) is 0 Å². The van der Waals surface area contributed by atoms with Crippen molar-refractivity contribution >= 4 is 181 Å². The SMILES string of the molecule is Brc1c(Br)c(Br)c2c(Br)c3c(Br)c(Br)c(Br)c(Br)c3c(Br)c2c1Br. The maximum absolute atomic E-state index is 3.81. The molecule has 0 aliphatic heterocycles. The molecule has 0 bridgehead atoms. The van der Waals surface area contributed by atoms with Gasteiger partial charge in [0.15, 0.2) is 0 Å². The van der Waals surface area contributed by atoms with Crippen molar-refractivity contribution < 1.29 is 0 Å². The Balaban J connectivity index is 2.82. The number of rotatable bonds is 0. The molecule has 3 aromatic rings. The molecule has 24 heavy (non-hydrogen) atoms. The van der Waals surface area contributed by atoms with E-state index in [1.165, 1.54) is 0 Å². The number of halogens is 10. The molecule has 0 nitrogen and oxygen atoms in total. The van der Waals surface area contributed by atoms with E-state index in [9.17, 15) is 0 Å². The second-order valence-corrected chi connectivity index (χ2v) is 12.6. The molecule has 0 heterocycles. The predicted octanol–water partition coefficient (Wildman–Crippen LogP) is 11.6. The van der Waals surface area contributed by atoms with Crippen molar-refractivity contribution in [2.24, 2.45) is 0 Å². The van der Waals surface area contributed by atoms with Gasteiger partial charge < -0.3 is 0 Å². The first kappa shape index (κ1) is 21.7. The summed E-state index contributed by atoms with van der Waals surface area (Å²) in [7, 11) is 0. The quantitative estimate of drug-likeness (QED) is 0.120. The summed E-state index contributed by atoms with van der Waals surface area (Å²) in [6.07, 6.45) is 0. The van der Waals surface area contributed by atoms with Crippen molar-refractivity contribution in [2.45, 2.75) is 0 Å². The van der Waals surface area contributed by atoms with E-state index in [0.717, 1.165) is 66.3 Å². The third-order valence-electron chi connectivity index (χ3n) is 3.41. The van der Waals surface area contributed by atoms with Crippen LogP contribution in [0.15, 0.2) is 44.7 Å². The molecule has 0 atom stereocenters. The predicted molar refractivity (Wildman–Crippen MR) is 138 cm³/mol. The summed E-state index contributed by atoms with van der Waals surface area (Å²) in [4.78, 5) is 0. The van der Waals surface area contributed by atoms with Gasteiger partial charge in [-0.05, 0) is 159 Å². The van der Waals surface area contributed by atoms with E-state index in [2.05, 4.69) is 159 Å². The highest BCUT2D eigenvalue weighted by atomic mass is 79.9. The van der Waals surface area contributed by atoms with Crippen LogP contribution in [0.1, 0.15) is 0 Å². The Labute approximate surface area is 221 Å². The molecule has 126 valence electrons. The Kier molecular flexibility index (Phi) is 7.24. The molecule has 0 saturated heterocycles. The Hall–Kier alpha value is 2.98. The summed E-state index contributed by atoms with van der Waals surface area (Å²) in [6.45, 7) is 0. The number of hydrogen-bond acceptors (Lipinski definition) is 0. The minimum atomic E-state index is 0.945. The lowest BCUT2D eigenvalue weighted by Crippen LogP contribution is -1.92. The lowest BCUT2D eigenvalue weighted by Gasteiger charge is -2.19. The molecule has 0 aliphatic carbocycles. The molecule has 0 unspecified atom stereocenters. The average molecular weight is 967 g/mol. The molecule has 0 spiro atoms. The molecule has 3 aromatic carbocycles. The van der Waals surface area contributed by atoms with Gasteiger partial charge in [0, 0.05) is 66.3 Å². The van der Waals surface area contributed by atoms with Crippen molar-refractivity contribution in [2.75, 3.05) is 0 Å². The van der Waals surface area contributed by atoms with Gasteiger partial charge in [-0.1, -0.05) is 0 Å². The summed E-state index contributed by atoms with van der Waals surface area (Å²) in [5, 5.41) is 4.22. The van der Waals surface area contributed by atoms with E-state index in [0.29, 0.717) is 0 Å². The van der Waals surface area contributed by atoms with Gasteiger partial charge in [0.05, 0.1) is 0 Å². The number of hydrogen-bond donors (Lipinski definition) is 0. The van der Waals surface area contributed by atoms with Crippen LogP contribution in [-0.2, 0) is 0 Å². The Morgan fingerprint density at radius 3 is 0.542 bits per heavy atom. The molecule has 0 fully saturated rings. The van der Waals surface area contributed by atoms with Gasteiger partial charge in [0.1, 0.15) is 0 Å². The van der Waals surface area contributed by atoms with Crippen molar-refractivity contribution in [3.63, 3.8) is 0 Å². The normalized spacial score (nSPS) is 11.8. The van der Waals surface area contributed by atoms with Crippen LogP contribution in [0.25, 0.3) is 21.5 Å². The van der Waals surface area contributed by atoms with E-state index in [4.69, 9.17) is 0 Å². The fourth-order valence-corrected chi connectivity index (χ4v) is 10.0. The topological polar surface area (TPSA) is 0 Å².